The molecule has 0 aromatic heterocycles. The first-order chi connectivity index (χ1) is 6.20. The minimum atomic E-state index is 0.0972. The quantitative estimate of drug-likeness (QED) is 0.590. The number of carbonyl (C=O) groups excluding carboxylic acids is 1. The highest BCUT2D eigenvalue weighted by atomic mass is 16.1. The molecule has 1 aromatic carbocycles. The fourth-order valence-electron chi connectivity index (χ4n) is 2.15. The van der Waals surface area contributed by atoms with Gasteiger partial charge in [-0.15, -0.1) is 0 Å². The highest BCUT2D eigenvalue weighted by molar-refractivity contribution is 5.89. The molecule has 1 heteroatoms. The Morgan fingerprint density at radius 1 is 1.23 bits per heavy atom. The molecule has 1 aliphatic rings. The summed E-state index contributed by atoms with van der Waals surface area (Å²) in [6.07, 6.45) is 0.916. The van der Waals surface area contributed by atoms with Crippen molar-refractivity contribution in [1.82, 2.24) is 0 Å². The second-order valence-electron chi connectivity index (χ2n) is 3.93. The van der Waals surface area contributed by atoms with Crippen molar-refractivity contribution in [1.29, 1.82) is 0 Å². The molecule has 68 valence electrons. The summed E-state index contributed by atoms with van der Waals surface area (Å²) in [4.78, 5) is 11.7. The number of carbonyl (C=O) groups is 1. The van der Waals surface area contributed by atoms with E-state index >= 15 is 0 Å². The predicted molar refractivity (Wildman–Crippen MR) is 52.7 cm³/mol. The normalized spacial score (nSPS) is 27.1. The van der Waals surface area contributed by atoms with Gasteiger partial charge in [-0.05, 0) is 17.5 Å². The molecule has 2 atom stereocenters. The molecule has 0 amide bonds. The number of ketones is 1. The molecule has 1 nitrogen and oxygen atoms in total. The lowest BCUT2D eigenvalue weighted by atomic mass is 9.77. The second kappa shape index (κ2) is 2.99. The van der Waals surface area contributed by atoms with Crippen molar-refractivity contribution in [3.8, 4) is 0 Å². The summed E-state index contributed by atoms with van der Waals surface area (Å²) in [6, 6.07) is 8.27. The van der Waals surface area contributed by atoms with E-state index in [4.69, 9.17) is 0 Å². The summed E-state index contributed by atoms with van der Waals surface area (Å²) in [5.74, 6) is 0.684. The monoisotopic (exact) mass is 174 g/mol. The lowest BCUT2D eigenvalue weighted by Gasteiger charge is -2.25. The van der Waals surface area contributed by atoms with Crippen LogP contribution in [0.15, 0.2) is 24.3 Å². The Morgan fingerprint density at radius 2 is 1.92 bits per heavy atom. The molecular formula is C12H14O. The number of hydrogen-bond acceptors (Lipinski definition) is 1. The molecule has 1 aromatic rings. The molecule has 2 unspecified atom stereocenters. The molecule has 0 spiro atoms. The zero-order valence-electron chi connectivity index (χ0n) is 8.08. The largest absolute Gasteiger partial charge is 0.299 e. The van der Waals surface area contributed by atoms with Gasteiger partial charge in [0.05, 0.1) is 0 Å². The summed E-state index contributed by atoms with van der Waals surface area (Å²) in [6.45, 7) is 4.03. The van der Waals surface area contributed by atoms with Gasteiger partial charge in [0.1, 0.15) is 5.78 Å². The van der Waals surface area contributed by atoms with E-state index in [0.717, 1.165) is 6.42 Å². The van der Waals surface area contributed by atoms with Crippen LogP contribution in [0.1, 0.15) is 30.9 Å². The van der Waals surface area contributed by atoms with E-state index < -0.39 is 0 Å². The van der Waals surface area contributed by atoms with E-state index in [1.54, 1.807) is 0 Å². The van der Waals surface area contributed by atoms with Gasteiger partial charge in [-0.1, -0.05) is 38.1 Å². The van der Waals surface area contributed by atoms with Gasteiger partial charge >= 0.3 is 0 Å². The molecule has 0 radical (unpaired) electrons. The van der Waals surface area contributed by atoms with E-state index in [2.05, 4.69) is 12.1 Å². The van der Waals surface area contributed by atoms with Crippen LogP contribution in [-0.2, 0) is 11.2 Å². The molecule has 0 saturated heterocycles. The molecule has 0 bridgehead atoms. The van der Waals surface area contributed by atoms with Crippen molar-refractivity contribution < 1.29 is 4.79 Å². The number of rotatable bonds is 0. The summed E-state index contributed by atoms with van der Waals surface area (Å²) < 4.78 is 0. The zero-order valence-corrected chi connectivity index (χ0v) is 8.08. The fraction of sp³-hybridized carbons (Fsp3) is 0.417. The molecule has 0 saturated carbocycles. The Hall–Kier alpha value is -1.11. The lowest BCUT2D eigenvalue weighted by Crippen LogP contribution is -2.26. The molecule has 0 N–H and O–H groups in total. The standard InChI is InChI=1S/C12H14O/c1-8-7-10-5-3-4-6-11(10)9(2)12(8)13/h3-6,8-9H,7H2,1-2H3. The third-order valence-electron chi connectivity index (χ3n) is 2.96. The molecule has 0 heterocycles. The first kappa shape index (κ1) is 8.49. The van der Waals surface area contributed by atoms with Crippen molar-refractivity contribution in [3.63, 3.8) is 0 Å². The van der Waals surface area contributed by atoms with Crippen LogP contribution in [0, 0.1) is 5.92 Å². The van der Waals surface area contributed by atoms with Crippen molar-refractivity contribution in [2.24, 2.45) is 5.92 Å². The molecule has 0 fully saturated rings. The van der Waals surface area contributed by atoms with Crippen LogP contribution in [0.25, 0.3) is 0 Å². The Balaban J connectivity index is 2.49. The third-order valence-corrected chi connectivity index (χ3v) is 2.96. The number of Topliss-reactive ketones (excluding diaryl/α,β-unsaturated/α-hetero) is 1. The van der Waals surface area contributed by atoms with Gasteiger partial charge in [0, 0.05) is 11.8 Å². The van der Waals surface area contributed by atoms with Crippen LogP contribution in [0.4, 0.5) is 0 Å². The summed E-state index contributed by atoms with van der Waals surface area (Å²) in [7, 11) is 0. The number of hydrogen-bond donors (Lipinski definition) is 0. The minimum Gasteiger partial charge on any atom is -0.299 e. The highest BCUT2D eigenvalue weighted by Gasteiger charge is 2.28. The van der Waals surface area contributed by atoms with E-state index in [-0.39, 0.29) is 11.8 Å². The maximum atomic E-state index is 11.7. The zero-order chi connectivity index (χ0) is 9.42. The third kappa shape index (κ3) is 1.28. The Kier molecular flexibility index (Phi) is 1.95. The molecule has 13 heavy (non-hydrogen) atoms. The van der Waals surface area contributed by atoms with Crippen molar-refractivity contribution in [2.45, 2.75) is 26.2 Å². The Bertz CT molecular complexity index is 341. The molecule has 1 aliphatic carbocycles. The minimum absolute atomic E-state index is 0.0972. The van der Waals surface area contributed by atoms with E-state index in [0.29, 0.717) is 5.78 Å². The predicted octanol–water partition coefficient (Wildman–Crippen LogP) is 2.55. The summed E-state index contributed by atoms with van der Waals surface area (Å²) in [5.41, 5.74) is 2.58. The average molecular weight is 174 g/mol. The fourth-order valence-corrected chi connectivity index (χ4v) is 2.15. The first-order valence-electron chi connectivity index (χ1n) is 4.81. The van der Waals surface area contributed by atoms with E-state index in [1.165, 1.54) is 11.1 Å². The van der Waals surface area contributed by atoms with Gasteiger partial charge in [0.25, 0.3) is 0 Å². The van der Waals surface area contributed by atoms with Crippen molar-refractivity contribution in [3.05, 3.63) is 35.4 Å². The summed E-state index contributed by atoms with van der Waals surface area (Å²) >= 11 is 0. The summed E-state index contributed by atoms with van der Waals surface area (Å²) in [5, 5.41) is 0. The topological polar surface area (TPSA) is 17.1 Å². The number of fused-ring (bicyclic) bond motifs is 1. The van der Waals surface area contributed by atoms with Crippen LogP contribution in [0.5, 0.6) is 0 Å². The molecule has 2 rings (SSSR count). The maximum absolute atomic E-state index is 11.7. The second-order valence-corrected chi connectivity index (χ2v) is 3.93. The van der Waals surface area contributed by atoms with Gasteiger partial charge in [0.15, 0.2) is 0 Å². The Morgan fingerprint density at radius 3 is 2.69 bits per heavy atom. The lowest BCUT2D eigenvalue weighted by molar-refractivity contribution is -0.124. The first-order valence-corrected chi connectivity index (χ1v) is 4.81. The van der Waals surface area contributed by atoms with Crippen LogP contribution in [0.2, 0.25) is 0 Å². The van der Waals surface area contributed by atoms with Crippen LogP contribution in [0.3, 0.4) is 0 Å². The molecule has 0 aliphatic heterocycles. The van der Waals surface area contributed by atoms with Gasteiger partial charge in [-0.25, -0.2) is 0 Å². The van der Waals surface area contributed by atoms with Crippen molar-refractivity contribution in [2.75, 3.05) is 0 Å². The average Bonchev–Trinajstić information content (AvgIpc) is 2.15. The maximum Gasteiger partial charge on any atom is 0.143 e. The van der Waals surface area contributed by atoms with Crippen LogP contribution < -0.4 is 0 Å². The van der Waals surface area contributed by atoms with E-state index in [9.17, 15) is 4.79 Å². The van der Waals surface area contributed by atoms with Gasteiger partial charge < -0.3 is 0 Å². The molecular weight excluding hydrogens is 160 g/mol. The van der Waals surface area contributed by atoms with Gasteiger partial charge in [-0.3, -0.25) is 4.79 Å². The SMILES string of the molecule is CC1Cc2ccccc2C(C)C1=O. The van der Waals surface area contributed by atoms with Gasteiger partial charge in [-0.2, -0.15) is 0 Å². The smallest absolute Gasteiger partial charge is 0.143 e. The van der Waals surface area contributed by atoms with Crippen LogP contribution >= 0.6 is 0 Å². The van der Waals surface area contributed by atoms with E-state index in [1.807, 2.05) is 26.0 Å². The van der Waals surface area contributed by atoms with Crippen molar-refractivity contribution >= 4 is 5.78 Å². The van der Waals surface area contributed by atoms with Gasteiger partial charge in [0.2, 0.25) is 0 Å². The van der Waals surface area contributed by atoms with Crippen LogP contribution in [-0.4, -0.2) is 5.78 Å². The number of benzene rings is 1. The Labute approximate surface area is 78.8 Å². The highest BCUT2D eigenvalue weighted by Crippen LogP contribution is 2.31.